The van der Waals surface area contributed by atoms with Gasteiger partial charge in [-0.1, -0.05) is 43.5 Å². The molecule has 2 nitrogen and oxygen atoms in total. The topological polar surface area (TPSA) is 24.9 Å². The summed E-state index contributed by atoms with van der Waals surface area (Å²) in [6.07, 6.45) is 11.0. The fourth-order valence-electron chi connectivity index (χ4n) is 3.39. The van der Waals surface area contributed by atoms with Crippen molar-refractivity contribution in [2.75, 3.05) is 0 Å². The van der Waals surface area contributed by atoms with Crippen LogP contribution in [0.5, 0.6) is 0 Å². The number of pyridine rings is 1. The van der Waals surface area contributed by atoms with Gasteiger partial charge in [0.25, 0.3) is 0 Å². The maximum absolute atomic E-state index is 4.36. The number of aromatic nitrogens is 1. The highest BCUT2D eigenvalue weighted by molar-refractivity contribution is 5.84. The van der Waals surface area contributed by atoms with E-state index in [-0.39, 0.29) is 0 Å². The molecule has 3 rings (SSSR count). The fraction of sp³-hybridized carbons (Fsp3) is 0.500. The van der Waals surface area contributed by atoms with Crippen LogP contribution in [0.2, 0.25) is 0 Å². The lowest BCUT2D eigenvalue weighted by Gasteiger charge is -2.28. The van der Waals surface area contributed by atoms with Gasteiger partial charge in [0.2, 0.25) is 0 Å². The van der Waals surface area contributed by atoms with Gasteiger partial charge in [-0.2, -0.15) is 0 Å². The number of nitrogens with zero attached hydrogens (tertiary/aromatic N) is 1. The van der Waals surface area contributed by atoms with Crippen LogP contribution in [0, 0.1) is 5.92 Å². The van der Waals surface area contributed by atoms with Gasteiger partial charge in [0.15, 0.2) is 0 Å². The number of benzene rings is 1. The predicted octanol–water partition coefficient (Wildman–Crippen LogP) is 4.29. The molecule has 1 aliphatic carbocycles. The Hall–Kier alpha value is -1.41. The zero-order valence-corrected chi connectivity index (χ0v) is 12.3. The van der Waals surface area contributed by atoms with Gasteiger partial charge in [-0.05, 0) is 36.6 Å². The maximum Gasteiger partial charge on any atom is 0.0346 e. The molecular formula is C18H24N2. The van der Waals surface area contributed by atoms with E-state index in [1.54, 1.807) is 0 Å². The number of nitrogens with one attached hydrogen (secondary N) is 1. The van der Waals surface area contributed by atoms with E-state index in [1.165, 1.54) is 48.4 Å². The summed E-state index contributed by atoms with van der Waals surface area (Å²) in [6, 6.07) is 9.12. The summed E-state index contributed by atoms with van der Waals surface area (Å²) in [5, 5.41) is 6.28. The van der Waals surface area contributed by atoms with Gasteiger partial charge in [0.05, 0.1) is 0 Å². The van der Waals surface area contributed by atoms with E-state index in [9.17, 15) is 0 Å². The van der Waals surface area contributed by atoms with Crippen molar-refractivity contribution in [1.82, 2.24) is 10.3 Å². The van der Waals surface area contributed by atoms with Crippen LogP contribution in [0.25, 0.3) is 10.8 Å². The van der Waals surface area contributed by atoms with Crippen LogP contribution in [0.15, 0.2) is 36.7 Å². The van der Waals surface area contributed by atoms with Crippen molar-refractivity contribution in [3.05, 3.63) is 42.2 Å². The molecule has 1 N–H and O–H groups in total. The summed E-state index contributed by atoms with van der Waals surface area (Å²) < 4.78 is 0. The Morgan fingerprint density at radius 3 is 2.80 bits per heavy atom. The van der Waals surface area contributed by atoms with Gasteiger partial charge in [-0.25, -0.2) is 0 Å². The summed E-state index contributed by atoms with van der Waals surface area (Å²) in [5.41, 5.74) is 1.31. The zero-order chi connectivity index (χ0) is 13.8. The van der Waals surface area contributed by atoms with Crippen molar-refractivity contribution in [2.24, 2.45) is 5.92 Å². The van der Waals surface area contributed by atoms with Crippen molar-refractivity contribution in [3.63, 3.8) is 0 Å². The van der Waals surface area contributed by atoms with Gasteiger partial charge in [-0.15, -0.1) is 0 Å². The van der Waals surface area contributed by atoms with Crippen molar-refractivity contribution >= 4 is 10.8 Å². The van der Waals surface area contributed by atoms with E-state index in [4.69, 9.17) is 0 Å². The molecule has 20 heavy (non-hydrogen) atoms. The molecule has 1 aliphatic rings. The summed E-state index contributed by atoms with van der Waals surface area (Å²) in [4.78, 5) is 4.36. The van der Waals surface area contributed by atoms with E-state index in [0.29, 0.717) is 6.04 Å². The molecule has 1 aromatic carbocycles. The van der Waals surface area contributed by atoms with Crippen LogP contribution in [-0.2, 0) is 6.54 Å². The van der Waals surface area contributed by atoms with Gasteiger partial charge in [-0.3, -0.25) is 4.98 Å². The SMILES string of the molecule is C[C@@H](NCc1cncc2ccccc12)C1CCCCC1. The van der Waals surface area contributed by atoms with Gasteiger partial charge < -0.3 is 5.32 Å². The molecular weight excluding hydrogens is 244 g/mol. The Kier molecular flexibility index (Phi) is 4.31. The van der Waals surface area contributed by atoms with Gasteiger partial charge >= 0.3 is 0 Å². The summed E-state index contributed by atoms with van der Waals surface area (Å²) in [6.45, 7) is 3.26. The van der Waals surface area contributed by atoms with Crippen LogP contribution in [-0.4, -0.2) is 11.0 Å². The summed E-state index contributed by atoms with van der Waals surface area (Å²) in [5.74, 6) is 0.853. The Balaban J connectivity index is 1.67. The predicted molar refractivity (Wildman–Crippen MR) is 84.6 cm³/mol. The Bertz CT molecular complexity index is 553. The third kappa shape index (κ3) is 3.01. The first kappa shape index (κ1) is 13.6. The molecule has 1 heterocycles. The maximum atomic E-state index is 4.36. The first-order chi connectivity index (χ1) is 9.84. The molecule has 0 bridgehead atoms. The van der Waals surface area contributed by atoms with E-state index in [2.05, 4.69) is 41.5 Å². The van der Waals surface area contributed by atoms with Crippen molar-refractivity contribution < 1.29 is 0 Å². The first-order valence-corrected chi connectivity index (χ1v) is 7.89. The number of hydrogen-bond donors (Lipinski definition) is 1. The quantitative estimate of drug-likeness (QED) is 0.894. The third-order valence-corrected chi connectivity index (χ3v) is 4.72. The number of hydrogen-bond acceptors (Lipinski definition) is 2. The monoisotopic (exact) mass is 268 g/mol. The zero-order valence-electron chi connectivity index (χ0n) is 12.3. The smallest absolute Gasteiger partial charge is 0.0346 e. The molecule has 106 valence electrons. The van der Waals surface area contributed by atoms with Crippen LogP contribution in [0.4, 0.5) is 0 Å². The van der Waals surface area contributed by atoms with Gasteiger partial charge in [0, 0.05) is 30.4 Å². The normalized spacial score (nSPS) is 18.2. The molecule has 0 aliphatic heterocycles. The highest BCUT2D eigenvalue weighted by Crippen LogP contribution is 2.26. The van der Waals surface area contributed by atoms with Crippen molar-refractivity contribution in [2.45, 2.75) is 51.6 Å². The lowest BCUT2D eigenvalue weighted by molar-refractivity contribution is 0.281. The largest absolute Gasteiger partial charge is 0.310 e. The van der Waals surface area contributed by atoms with Crippen LogP contribution in [0.3, 0.4) is 0 Å². The molecule has 1 aromatic heterocycles. The first-order valence-electron chi connectivity index (χ1n) is 7.89. The molecule has 0 amide bonds. The average Bonchev–Trinajstić information content (AvgIpc) is 2.53. The standard InChI is InChI=1S/C18H24N2/c1-14(15-7-3-2-4-8-15)20-13-17-12-19-11-16-9-5-6-10-18(16)17/h5-6,9-12,14-15,20H,2-4,7-8,13H2,1H3/t14-/m1/s1. The van der Waals surface area contributed by atoms with Crippen molar-refractivity contribution in [3.8, 4) is 0 Å². The minimum Gasteiger partial charge on any atom is -0.310 e. The minimum absolute atomic E-state index is 0.606. The highest BCUT2D eigenvalue weighted by Gasteiger charge is 2.19. The fourth-order valence-corrected chi connectivity index (χ4v) is 3.39. The van der Waals surface area contributed by atoms with Crippen molar-refractivity contribution in [1.29, 1.82) is 0 Å². The second-order valence-electron chi connectivity index (χ2n) is 6.09. The summed E-state index contributed by atoms with van der Waals surface area (Å²) >= 11 is 0. The lowest BCUT2D eigenvalue weighted by atomic mass is 9.84. The average molecular weight is 268 g/mol. The Labute approximate surface area is 121 Å². The van der Waals surface area contributed by atoms with Crippen LogP contribution in [0.1, 0.15) is 44.6 Å². The van der Waals surface area contributed by atoms with Crippen LogP contribution < -0.4 is 5.32 Å². The number of rotatable bonds is 4. The third-order valence-electron chi connectivity index (χ3n) is 4.72. The molecule has 1 saturated carbocycles. The van der Waals surface area contributed by atoms with Crippen LogP contribution >= 0.6 is 0 Å². The lowest BCUT2D eigenvalue weighted by Crippen LogP contribution is -2.34. The summed E-state index contributed by atoms with van der Waals surface area (Å²) in [7, 11) is 0. The van der Waals surface area contributed by atoms with E-state index in [0.717, 1.165) is 12.5 Å². The molecule has 2 aromatic rings. The van der Waals surface area contributed by atoms with E-state index in [1.807, 2.05) is 12.4 Å². The molecule has 1 fully saturated rings. The van der Waals surface area contributed by atoms with E-state index >= 15 is 0 Å². The second kappa shape index (κ2) is 6.36. The van der Waals surface area contributed by atoms with Gasteiger partial charge in [0.1, 0.15) is 0 Å². The molecule has 2 heteroatoms. The molecule has 0 unspecified atom stereocenters. The van der Waals surface area contributed by atoms with E-state index < -0.39 is 0 Å². The molecule has 0 spiro atoms. The Morgan fingerprint density at radius 2 is 1.95 bits per heavy atom. The molecule has 0 radical (unpaired) electrons. The Morgan fingerprint density at radius 1 is 1.15 bits per heavy atom. The number of fused-ring (bicyclic) bond motifs is 1. The molecule has 0 saturated heterocycles. The minimum atomic E-state index is 0.606. The molecule has 1 atom stereocenters. The highest BCUT2D eigenvalue weighted by atomic mass is 14.9. The second-order valence-corrected chi connectivity index (χ2v) is 6.09.